The van der Waals surface area contributed by atoms with E-state index >= 15 is 0 Å². The highest BCUT2D eigenvalue weighted by Crippen LogP contribution is 2.18. The molecule has 3 heteroatoms. The van der Waals surface area contributed by atoms with Gasteiger partial charge in [0.05, 0.1) is 11.8 Å². The van der Waals surface area contributed by atoms with Gasteiger partial charge >= 0.3 is 0 Å². The van der Waals surface area contributed by atoms with Crippen LogP contribution in [0.4, 0.5) is 0 Å². The van der Waals surface area contributed by atoms with Crippen molar-refractivity contribution in [3.63, 3.8) is 0 Å². The van der Waals surface area contributed by atoms with Crippen LogP contribution in [0.15, 0.2) is 30.3 Å². The number of hydrogen-bond donors (Lipinski definition) is 2. The first-order chi connectivity index (χ1) is 7.65. The SMILES string of the molecule is Cc1ccc(-c2cc(CC(C)O)[nH]n2)cc1. The van der Waals surface area contributed by atoms with Crippen LogP contribution < -0.4 is 0 Å². The molecule has 0 amide bonds. The van der Waals surface area contributed by atoms with Crippen LogP contribution in [-0.2, 0) is 6.42 Å². The quantitative estimate of drug-likeness (QED) is 0.827. The Bertz CT molecular complexity index is 457. The van der Waals surface area contributed by atoms with Gasteiger partial charge in [0.1, 0.15) is 0 Å². The predicted octanol–water partition coefficient (Wildman–Crippen LogP) is 2.31. The zero-order valence-corrected chi connectivity index (χ0v) is 9.57. The van der Waals surface area contributed by atoms with E-state index in [1.54, 1.807) is 6.92 Å². The highest BCUT2D eigenvalue weighted by atomic mass is 16.3. The Kier molecular flexibility index (Phi) is 3.06. The summed E-state index contributed by atoms with van der Waals surface area (Å²) in [5.74, 6) is 0. The molecule has 2 N–H and O–H groups in total. The van der Waals surface area contributed by atoms with E-state index in [4.69, 9.17) is 0 Å². The maximum absolute atomic E-state index is 9.27. The number of H-pyrrole nitrogens is 1. The van der Waals surface area contributed by atoms with Crippen LogP contribution in [0.5, 0.6) is 0 Å². The normalized spacial score (nSPS) is 12.7. The maximum Gasteiger partial charge on any atom is 0.0923 e. The van der Waals surface area contributed by atoms with Gasteiger partial charge in [0.2, 0.25) is 0 Å². The largest absolute Gasteiger partial charge is 0.393 e. The Morgan fingerprint density at radius 1 is 1.31 bits per heavy atom. The van der Waals surface area contributed by atoms with Gasteiger partial charge in [-0.2, -0.15) is 5.10 Å². The molecule has 0 aliphatic heterocycles. The third-order valence-corrected chi connectivity index (χ3v) is 2.49. The van der Waals surface area contributed by atoms with Gasteiger partial charge < -0.3 is 5.11 Å². The van der Waals surface area contributed by atoms with Gasteiger partial charge in [0.25, 0.3) is 0 Å². The molecule has 0 saturated carbocycles. The summed E-state index contributed by atoms with van der Waals surface area (Å²) in [5, 5.41) is 16.4. The highest BCUT2D eigenvalue weighted by molar-refractivity contribution is 5.59. The molecule has 0 fully saturated rings. The number of aliphatic hydroxyl groups excluding tert-OH is 1. The summed E-state index contributed by atoms with van der Waals surface area (Å²) in [4.78, 5) is 0. The van der Waals surface area contributed by atoms with Crippen molar-refractivity contribution in [3.8, 4) is 11.3 Å². The molecule has 84 valence electrons. The van der Waals surface area contributed by atoms with Crippen molar-refractivity contribution in [2.75, 3.05) is 0 Å². The minimum atomic E-state index is -0.341. The molecule has 0 spiro atoms. The summed E-state index contributed by atoms with van der Waals surface area (Å²) in [6, 6.07) is 10.2. The Balaban J connectivity index is 2.21. The second-order valence-corrected chi connectivity index (χ2v) is 4.20. The Hall–Kier alpha value is -1.61. The summed E-state index contributed by atoms with van der Waals surface area (Å²) in [6.07, 6.45) is 0.269. The van der Waals surface area contributed by atoms with E-state index in [0.717, 1.165) is 17.0 Å². The highest BCUT2D eigenvalue weighted by Gasteiger charge is 2.05. The van der Waals surface area contributed by atoms with E-state index in [0.29, 0.717) is 6.42 Å². The number of benzene rings is 1. The van der Waals surface area contributed by atoms with Gasteiger partial charge in [-0.25, -0.2) is 0 Å². The molecule has 1 aromatic carbocycles. The van der Waals surface area contributed by atoms with Gasteiger partial charge in [-0.05, 0) is 19.9 Å². The minimum Gasteiger partial charge on any atom is -0.393 e. The summed E-state index contributed by atoms with van der Waals surface area (Å²) >= 11 is 0. The lowest BCUT2D eigenvalue weighted by Gasteiger charge is -1.98. The van der Waals surface area contributed by atoms with Gasteiger partial charge in [-0.15, -0.1) is 0 Å². The van der Waals surface area contributed by atoms with Crippen LogP contribution in [0.3, 0.4) is 0 Å². The fourth-order valence-corrected chi connectivity index (χ4v) is 1.66. The minimum absolute atomic E-state index is 0.341. The molecule has 16 heavy (non-hydrogen) atoms. The van der Waals surface area contributed by atoms with E-state index < -0.39 is 0 Å². The number of aromatic nitrogens is 2. The van der Waals surface area contributed by atoms with Crippen LogP contribution >= 0.6 is 0 Å². The first-order valence-electron chi connectivity index (χ1n) is 5.44. The molecule has 1 unspecified atom stereocenters. The second kappa shape index (κ2) is 4.49. The van der Waals surface area contributed by atoms with Gasteiger partial charge in [0.15, 0.2) is 0 Å². The third-order valence-electron chi connectivity index (χ3n) is 2.49. The molecule has 1 atom stereocenters. The van der Waals surface area contributed by atoms with E-state index in [9.17, 15) is 5.11 Å². The standard InChI is InChI=1S/C13H16N2O/c1-9-3-5-11(6-4-9)13-8-12(14-15-13)7-10(2)16/h3-6,8,10,16H,7H2,1-2H3,(H,14,15). The molecule has 0 aliphatic rings. The average molecular weight is 216 g/mol. The van der Waals surface area contributed by atoms with Gasteiger partial charge in [-0.3, -0.25) is 5.10 Å². The van der Waals surface area contributed by atoms with Crippen molar-refractivity contribution in [1.29, 1.82) is 0 Å². The smallest absolute Gasteiger partial charge is 0.0923 e. The van der Waals surface area contributed by atoms with Crippen molar-refractivity contribution in [1.82, 2.24) is 10.2 Å². The number of nitrogens with zero attached hydrogens (tertiary/aromatic N) is 1. The Labute approximate surface area is 95.1 Å². The zero-order valence-electron chi connectivity index (χ0n) is 9.57. The number of rotatable bonds is 3. The summed E-state index contributed by atoms with van der Waals surface area (Å²) < 4.78 is 0. The van der Waals surface area contributed by atoms with E-state index in [-0.39, 0.29) is 6.10 Å². The number of hydrogen-bond acceptors (Lipinski definition) is 2. The number of aliphatic hydroxyl groups is 1. The van der Waals surface area contributed by atoms with Crippen molar-refractivity contribution < 1.29 is 5.11 Å². The Morgan fingerprint density at radius 3 is 2.62 bits per heavy atom. The van der Waals surface area contributed by atoms with Crippen LogP contribution in [0.1, 0.15) is 18.2 Å². The summed E-state index contributed by atoms with van der Waals surface area (Å²) in [6.45, 7) is 3.83. The topological polar surface area (TPSA) is 48.9 Å². The molecule has 2 rings (SSSR count). The van der Waals surface area contributed by atoms with Crippen molar-refractivity contribution in [3.05, 3.63) is 41.6 Å². The third kappa shape index (κ3) is 2.49. The van der Waals surface area contributed by atoms with E-state index in [1.807, 2.05) is 6.07 Å². The van der Waals surface area contributed by atoms with Crippen LogP contribution in [0, 0.1) is 6.92 Å². The fourth-order valence-electron chi connectivity index (χ4n) is 1.66. The zero-order chi connectivity index (χ0) is 11.5. The Morgan fingerprint density at radius 2 is 2.00 bits per heavy atom. The van der Waals surface area contributed by atoms with Crippen LogP contribution in [0.2, 0.25) is 0 Å². The molecule has 1 aromatic heterocycles. The number of nitrogens with one attached hydrogen (secondary N) is 1. The van der Waals surface area contributed by atoms with Crippen molar-refractivity contribution >= 4 is 0 Å². The lowest BCUT2D eigenvalue weighted by Crippen LogP contribution is -2.04. The predicted molar refractivity (Wildman–Crippen MR) is 64.1 cm³/mol. The van der Waals surface area contributed by atoms with Crippen LogP contribution in [0.25, 0.3) is 11.3 Å². The van der Waals surface area contributed by atoms with Gasteiger partial charge in [-0.1, -0.05) is 29.8 Å². The first kappa shape index (κ1) is 10.9. The lowest BCUT2D eigenvalue weighted by atomic mass is 10.1. The first-order valence-corrected chi connectivity index (χ1v) is 5.44. The van der Waals surface area contributed by atoms with E-state index in [1.165, 1.54) is 5.56 Å². The average Bonchev–Trinajstić information content (AvgIpc) is 2.66. The molecule has 0 bridgehead atoms. The number of aryl methyl sites for hydroxylation is 1. The summed E-state index contributed by atoms with van der Waals surface area (Å²) in [5.41, 5.74) is 4.23. The molecule has 0 radical (unpaired) electrons. The molecule has 3 nitrogen and oxygen atoms in total. The molecule has 0 saturated heterocycles. The molecular formula is C13H16N2O. The van der Waals surface area contributed by atoms with Crippen LogP contribution in [-0.4, -0.2) is 21.4 Å². The molecule has 1 heterocycles. The van der Waals surface area contributed by atoms with E-state index in [2.05, 4.69) is 41.4 Å². The van der Waals surface area contributed by atoms with Crippen molar-refractivity contribution in [2.24, 2.45) is 0 Å². The number of aromatic amines is 1. The molecule has 0 aliphatic carbocycles. The maximum atomic E-state index is 9.27. The fraction of sp³-hybridized carbons (Fsp3) is 0.308. The second-order valence-electron chi connectivity index (χ2n) is 4.20. The lowest BCUT2D eigenvalue weighted by molar-refractivity contribution is 0.194. The monoisotopic (exact) mass is 216 g/mol. The molecular weight excluding hydrogens is 200 g/mol. The molecule has 2 aromatic rings. The summed E-state index contributed by atoms with van der Waals surface area (Å²) in [7, 11) is 0. The van der Waals surface area contributed by atoms with Gasteiger partial charge in [0, 0.05) is 17.7 Å². The van der Waals surface area contributed by atoms with Crippen molar-refractivity contribution in [2.45, 2.75) is 26.4 Å².